The zero-order valence-corrected chi connectivity index (χ0v) is 12.3. The van der Waals surface area contributed by atoms with Gasteiger partial charge in [0.25, 0.3) is 0 Å². The minimum absolute atomic E-state index is 0.0857. The molecule has 2 aliphatic carbocycles. The van der Waals surface area contributed by atoms with Gasteiger partial charge in [-0.25, -0.2) is 0 Å². The van der Waals surface area contributed by atoms with Gasteiger partial charge in [0, 0.05) is 38.1 Å². The van der Waals surface area contributed by atoms with Crippen molar-refractivity contribution in [2.24, 2.45) is 11.8 Å². The van der Waals surface area contributed by atoms with Crippen LogP contribution in [0.25, 0.3) is 0 Å². The van der Waals surface area contributed by atoms with Gasteiger partial charge in [-0.2, -0.15) is 0 Å². The molecule has 0 atom stereocenters. The molecule has 0 spiro atoms. The molecule has 0 bridgehead atoms. The van der Waals surface area contributed by atoms with Crippen LogP contribution in [0.3, 0.4) is 0 Å². The van der Waals surface area contributed by atoms with Crippen LogP contribution in [-0.2, 0) is 14.3 Å². The first-order chi connectivity index (χ1) is 9.70. The Morgan fingerprint density at radius 2 is 1.60 bits per heavy atom. The highest BCUT2D eigenvalue weighted by molar-refractivity contribution is 5.81. The summed E-state index contributed by atoms with van der Waals surface area (Å²) in [5.41, 5.74) is 0. The van der Waals surface area contributed by atoms with Gasteiger partial charge < -0.3 is 15.4 Å². The van der Waals surface area contributed by atoms with Gasteiger partial charge in [0.1, 0.15) is 0 Å². The fraction of sp³-hybridized carbons (Fsp3) is 0.867. The minimum Gasteiger partial charge on any atom is -0.385 e. The molecule has 0 heterocycles. The van der Waals surface area contributed by atoms with Gasteiger partial charge >= 0.3 is 0 Å². The van der Waals surface area contributed by atoms with Crippen molar-refractivity contribution < 1.29 is 14.3 Å². The maximum absolute atomic E-state index is 12.0. The average Bonchev–Trinajstić information content (AvgIpc) is 3.27. The molecule has 2 fully saturated rings. The van der Waals surface area contributed by atoms with E-state index in [1.165, 1.54) is 0 Å². The second-order valence-corrected chi connectivity index (χ2v) is 5.97. The number of nitrogens with one attached hydrogen (secondary N) is 2. The molecule has 0 saturated heterocycles. The van der Waals surface area contributed by atoms with Gasteiger partial charge in [0.15, 0.2) is 0 Å². The molecule has 0 aromatic heterocycles. The number of methoxy groups -OCH3 is 1. The second kappa shape index (κ2) is 7.62. The first kappa shape index (κ1) is 15.3. The molecule has 2 N–H and O–H groups in total. The summed E-state index contributed by atoms with van der Waals surface area (Å²) in [5, 5.41) is 6.02. The molecule has 114 valence electrons. The highest BCUT2D eigenvalue weighted by Crippen LogP contribution is 2.30. The summed E-state index contributed by atoms with van der Waals surface area (Å²) in [6.07, 6.45) is 6.46. The summed E-state index contributed by atoms with van der Waals surface area (Å²) in [7, 11) is 1.66. The molecule has 5 heteroatoms. The number of carbonyl (C=O) groups excluding carboxylic acids is 2. The molecular weight excluding hydrogens is 256 g/mol. The van der Waals surface area contributed by atoms with Gasteiger partial charge in [0.2, 0.25) is 11.8 Å². The van der Waals surface area contributed by atoms with Gasteiger partial charge in [-0.3, -0.25) is 9.59 Å². The van der Waals surface area contributed by atoms with E-state index in [-0.39, 0.29) is 23.7 Å². The molecule has 0 unspecified atom stereocenters. The monoisotopic (exact) mass is 282 g/mol. The van der Waals surface area contributed by atoms with Gasteiger partial charge in [-0.15, -0.1) is 0 Å². The van der Waals surface area contributed by atoms with Crippen molar-refractivity contribution in [3.63, 3.8) is 0 Å². The standard InChI is InChI=1S/C15H26N2O3/c1-20-10-2-9-16-14(18)11-3-5-12(6-4-11)15(19)17-13-7-8-13/h11-13H,2-10H2,1H3,(H,16,18)(H,17,19). The zero-order valence-electron chi connectivity index (χ0n) is 12.3. The summed E-state index contributed by atoms with van der Waals surface area (Å²) in [6, 6.07) is 0.435. The largest absolute Gasteiger partial charge is 0.385 e. The van der Waals surface area contributed by atoms with E-state index in [1.54, 1.807) is 7.11 Å². The molecular formula is C15H26N2O3. The second-order valence-electron chi connectivity index (χ2n) is 5.97. The fourth-order valence-electron chi connectivity index (χ4n) is 2.74. The normalized spacial score (nSPS) is 26.1. The Bertz CT molecular complexity index is 334. The third-order valence-electron chi connectivity index (χ3n) is 4.22. The molecule has 2 amide bonds. The van der Waals surface area contributed by atoms with E-state index in [4.69, 9.17) is 4.74 Å². The predicted molar refractivity (Wildman–Crippen MR) is 76.1 cm³/mol. The minimum atomic E-state index is 0.0857. The van der Waals surface area contributed by atoms with E-state index in [2.05, 4.69) is 10.6 Å². The Labute approximate surface area is 120 Å². The van der Waals surface area contributed by atoms with Crippen molar-refractivity contribution in [3.05, 3.63) is 0 Å². The van der Waals surface area contributed by atoms with Crippen molar-refractivity contribution in [3.8, 4) is 0 Å². The quantitative estimate of drug-likeness (QED) is 0.690. The molecule has 0 radical (unpaired) electrons. The van der Waals surface area contributed by atoms with Crippen LogP contribution in [0.2, 0.25) is 0 Å². The Hall–Kier alpha value is -1.10. The fourth-order valence-corrected chi connectivity index (χ4v) is 2.74. The highest BCUT2D eigenvalue weighted by Gasteiger charge is 2.32. The lowest BCUT2D eigenvalue weighted by Crippen LogP contribution is -2.38. The Morgan fingerprint density at radius 1 is 1.00 bits per heavy atom. The first-order valence-corrected chi connectivity index (χ1v) is 7.77. The first-order valence-electron chi connectivity index (χ1n) is 7.77. The van der Waals surface area contributed by atoms with E-state index in [0.717, 1.165) is 44.9 Å². The maximum Gasteiger partial charge on any atom is 0.223 e. The van der Waals surface area contributed by atoms with E-state index < -0.39 is 0 Å². The van der Waals surface area contributed by atoms with Crippen LogP contribution in [-0.4, -0.2) is 38.1 Å². The molecule has 2 aliphatic rings. The molecule has 0 aromatic carbocycles. The van der Waals surface area contributed by atoms with Crippen LogP contribution in [0.4, 0.5) is 0 Å². The summed E-state index contributed by atoms with van der Waals surface area (Å²) in [6.45, 7) is 1.35. The van der Waals surface area contributed by atoms with Crippen LogP contribution >= 0.6 is 0 Å². The lowest BCUT2D eigenvalue weighted by molar-refractivity contribution is -0.130. The van der Waals surface area contributed by atoms with Crippen LogP contribution in [0.5, 0.6) is 0 Å². The Balaban J connectivity index is 1.62. The van der Waals surface area contributed by atoms with E-state index >= 15 is 0 Å². The molecule has 0 aliphatic heterocycles. The predicted octanol–water partition coefficient (Wildman–Crippen LogP) is 1.22. The maximum atomic E-state index is 12.0. The molecule has 20 heavy (non-hydrogen) atoms. The zero-order chi connectivity index (χ0) is 14.4. The summed E-state index contributed by atoms with van der Waals surface area (Å²) in [5.74, 6) is 0.546. The molecule has 2 saturated carbocycles. The molecule has 5 nitrogen and oxygen atoms in total. The number of rotatable bonds is 7. The van der Waals surface area contributed by atoms with Crippen LogP contribution in [0.15, 0.2) is 0 Å². The van der Waals surface area contributed by atoms with Gasteiger partial charge in [-0.05, 0) is 44.9 Å². The van der Waals surface area contributed by atoms with Crippen LogP contribution in [0, 0.1) is 11.8 Å². The van der Waals surface area contributed by atoms with Crippen molar-refractivity contribution in [1.29, 1.82) is 0 Å². The SMILES string of the molecule is COCCCNC(=O)C1CCC(C(=O)NC2CC2)CC1. The number of hydrogen-bond donors (Lipinski definition) is 2. The topological polar surface area (TPSA) is 67.4 Å². The lowest BCUT2D eigenvalue weighted by atomic mass is 9.81. The lowest BCUT2D eigenvalue weighted by Gasteiger charge is -2.27. The highest BCUT2D eigenvalue weighted by atomic mass is 16.5. The smallest absolute Gasteiger partial charge is 0.223 e. The summed E-state index contributed by atoms with van der Waals surface area (Å²) in [4.78, 5) is 23.9. The van der Waals surface area contributed by atoms with E-state index in [0.29, 0.717) is 19.2 Å². The summed E-state index contributed by atoms with van der Waals surface area (Å²) >= 11 is 0. The Morgan fingerprint density at radius 3 is 2.15 bits per heavy atom. The summed E-state index contributed by atoms with van der Waals surface area (Å²) < 4.78 is 4.95. The van der Waals surface area contributed by atoms with E-state index in [9.17, 15) is 9.59 Å². The number of hydrogen-bond acceptors (Lipinski definition) is 3. The molecule has 2 rings (SSSR count). The number of ether oxygens (including phenoxy) is 1. The number of amides is 2. The van der Waals surface area contributed by atoms with Crippen molar-refractivity contribution in [2.75, 3.05) is 20.3 Å². The van der Waals surface area contributed by atoms with E-state index in [1.807, 2.05) is 0 Å². The van der Waals surface area contributed by atoms with Crippen molar-refractivity contribution in [1.82, 2.24) is 10.6 Å². The van der Waals surface area contributed by atoms with Crippen LogP contribution in [0.1, 0.15) is 44.9 Å². The van der Waals surface area contributed by atoms with Crippen LogP contribution < -0.4 is 10.6 Å². The molecule has 0 aromatic rings. The third-order valence-corrected chi connectivity index (χ3v) is 4.22. The Kier molecular flexibility index (Phi) is 5.83. The third kappa shape index (κ3) is 4.78. The van der Waals surface area contributed by atoms with Gasteiger partial charge in [0.05, 0.1) is 0 Å². The van der Waals surface area contributed by atoms with Crippen molar-refractivity contribution >= 4 is 11.8 Å². The average molecular weight is 282 g/mol. The van der Waals surface area contributed by atoms with Gasteiger partial charge in [-0.1, -0.05) is 0 Å². The van der Waals surface area contributed by atoms with Crippen molar-refractivity contribution in [2.45, 2.75) is 51.0 Å². The number of carbonyl (C=O) groups is 2.